The van der Waals surface area contributed by atoms with Gasteiger partial charge in [0.15, 0.2) is 0 Å². The SMILES string of the molecule is Cc1cccc(Cl)c1C=NCC1=NCCCC1. The molecular formula is C14H17ClN2. The molecule has 2 rings (SSSR count). The fourth-order valence-electron chi connectivity index (χ4n) is 1.94. The smallest absolute Gasteiger partial charge is 0.0768 e. The predicted octanol–water partition coefficient (Wildman–Crippen LogP) is 3.69. The van der Waals surface area contributed by atoms with Crippen LogP contribution >= 0.6 is 11.6 Å². The normalized spacial score (nSPS) is 16.2. The van der Waals surface area contributed by atoms with Crippen LogP contribution in [-0.4, -0.2) is 25.0 Å². The van der Waals surface area contributed by atoms with E-state index in [1.807, 2.05) is 31.3 Å². The lowest BCUT2D eigenvalue weighted by molar-refractivity contribution is 0.731. The fourth-order valence-corrected chi connectivity index (χ4v) is 2.21. The van der Waals surface area contributed by atoms with E-state index in [1.165, 1.54) is 18.6 Å². The summed E-state index contributed by atoms with van der Waals surface area (Å²) in [6.45, 7) is 3.73. The van der Waals surface area contributed by atoms with E-state index in [4.69, 9.17) is 11.6 Å². The largest absolute Gasteiger partial charge is 0.292 e. The maximum atomic E-state index is 6.13. The summed E-state index contributed by atoms with van der Waals surface area (Å²) in [6, 6.07) is 5.90. The van der Waals surface area contributed by atoms with Crippen molar-refractivity contribution >= 4 is 23.5 Å². The molecule has 2 nitrogen and oxygen atoms in total. The number of hydrogen-bond acceptors (Lipinski definition) is 2. The zero-order valence-electron chi connectivity index (χ0n) is 10.1. The Morgan fingerprint density at radius 2 is 2.29 bits per heavy atom. The van der Waals surface area contributed by atoms with Crippen molar-refractivity contribution in [2.24, 2.45) is 9.98 Å². The second-order valence-corrected chi connectivity index (χ2v) is 4.75. The van der Waals surface area contributed by atoms with E-state index in [2.05, 4.69) is 9.98 Å². The number of benzene rings is 1. The number of aryl methyl sites for hydroxylation is 1. The van der Waals surface area contributed by atoms with Crippen molar-refractivity contribution in [2.75, 3.05) is 13.1 Å². The number of nitrogens with zero attached hydrogens (tertiary/aromatic N) is 2. The second-order valence-electron chi connectivity index (χ2n) is 4.35. The van der Waals surface area contributed by atoms with Gasteiger partial charge in [0.05, 0.1) is 6.54 Å². The van der Waals surface area contributed by atoms with Gasteiger partial charge in [0.1, 0.15) is 0 Å². The van der Waals surface area contributed by atoms with Gasteiger partial charge in [-0.15, -0.1) is 0 Å². The summed E-state index contributed by atoms with van der Waals surface area (Å²) in [4.78, 5) is 8.92. The third kappa shape index (κ3) is 3.40. The molecule has 0 fully saturated rings. The Bertz CT molecular complexity index is 429. The van der Waals surface area contributed by atoms with E-state index in [9.17, 15) is 0 Å². The predicted molar refractivity (Wildman–Crippen MR) is 74.8 cm³/mol. The molecule has 0 saturated heterocycles. The summed E-state index contributed by atoms with van der Waals surface area (Å²) in [5.74, 6) is 0. The highest BCUT2D eigenvalue weighted by Gasteiger charge is 2.04. The first-order chi connectivity index (χ1) is 8.27. The van der Waals surface area contributed by atoms with Crippen LogP contribution in [0.2, 0.25) is 5.02 Å². The van der Waals surface area contributed by atoms with Gasteiger partial charge in [-0.3, -0.25) is 9.98 Å². The molecule has 3 heteroatoms. The molecule has 0 N–H and O–H groups in total. The summed E-state index contributed by atoms with van der Waals surface area (Å²) in [6.07, 6.45) is 5.43. The molecule has 0 bridgehead atoms. The summed E-state index contributed by atoms with van der Waals surface area (Å²) in [5.41, 5.74) is 3.40. The van der Waals surface area contributed by atoms with Gasteiger partial charge in [-0.05, 0) is 37.8 Å². The van der Waals surface area contributed by atoms with Gasteiger partial charge in [-0.1, -0.05) is 23.7 Å². The van der Waals surface area contributed by atoms with Gasteiger partial charge in [-0.2, -0.15) is 0 Å². The molecule has 0 aliphatic carbocycles. The Morgan fingerprint density at radius 1 is 1.41 bits per heavy atom. The lowest BCUT2D eigenvalue weighted by atomic mass is 10.1. The second kappa shape index (κ2) is 5.97. The first-order valence-corrected chi connectivity index (χ1v) is 6.42. The third-order valence-corrected chi connectivity index (χ3v) is 3.30. The van der Waals surface area contributed by atoms with Crippen molar-refractivity contribution in [3.05, 3.63) is 34.3 Å². The zero-order chi connectivity index (χ0) is 12.1. The Labute approximate surface area is 107 Å². The van der Waals surface area contributed by atoms with Gasteiger partial charge >= 0.3 is 0 Å². The van der Waals surface area contributed by atoms with Crippen molar-refractivity contribution in [1.82, 2.24) is 0 Å². The molecular weight excluding hydrogens is 232 g/mol. The summed E-state index contributed by atoms with van der Waals surface area (Å²) >= 11 is 6.13. The van der Waals surface area contributed by atoms with Crippen molar-refractivity contribution in [2.45, 2.75) is 26.2 Å². The maximum Gasteiger partial charge on any atom is 0.0768 e. The van der Waals surface area contributed by atoms with Crippen LogP contribution in [0.5, 0.6) is 0 Å². The Morgan fingerprint density at radius 3 is 3.00 bits per heavy atom. The van der Waals surface area contributed by atoms with Crippen LogP contribution in [0, 0.1) is 6.92 Å². The molecule has 1 aromatic rings. The third-order valence-electron chi connectivity index (χ3n) is 2.97. The lowest BCUT2D eigenvalue weighted by Crippen LogP contribution is -2.09. The number of rotatable bonds is 3. The average molecular weight is 249 g/mol. The molecule has 1 aromatic carbocycles. The van der Waals surface area contributed by atoms with E-state index >= 15 is 0 Å². The van der Waals surface area contributed by atoms with Gasteiger partial charge in [0.25, 0.3) is 0 Å². The molecule has 0 spiro atoms. The highest BCUT2D eigenvalue weighted by atomic mass is 35.5. The zero-order valence-corrected chi connectivity index (χ0v) is 10.9. The summed E-state index contributed by atoms with van der Waals surface area (Å²) in [7, 11) is 0. The van der Waals surface area contributed by atoms with E-state index in [0.29, 0.717) is 6.54 Å². The summed E-state index contributed by atoms with van der Waals surface area (Å²) in [5, 5.41) is 0.763. The number of hydrogen-bond donors (Lipinski definition) is 0. The van der Waals surface area contributed by atoms with E-state index < -0.39 is 0 Å². The Kier molecular flexibility index (Phi) is 4.32. The standard InChI is InChI=1S/C14H17ClN2/c1-11-5-4-7-14(15)13(11)10-16-9-12-6-2-3-8-17-12/h4-5,7,10H,2-3,6,8-9H2,1H3. The van der Waals surface area contributed by atoms with Crippen molar-refractivity contribution in [3.8, 4) is 0 Å². The molecule has 0 atom stereocenters. The van der Waals surface area contributed by atoms with Crippen LogP contribution in [-0.2, 0) is 0 Å². The molecule has 0 unspecified atom stereocenters. The first kappa shape index (κ1) is 12.3. The monoisotopic (exact) mass is 248 g/mol. The van der Waals surface area contributed by atoms with Gasteiger partial charge < -0.3 is 0 Å². The molecule has 90 valence electrons. The minimum absolute atomic E-state index is 0.713. The van der Waals surface area contributed by atoms with E-state index in [1.54, 1.807) is 0 Å². The minimum Gasteiger partial charge on any atom is -0.292 e. The van der Waals surface area contributed by atoms with Crippen LogP contribution < -0.4 is 0 Å². The van der Waals surface area contributed by atoms with Crippen molar-refractivity contribution in [1.29, 1.82) is 0 Å². The quantitative estimate of drug-likeness (QED) is 0.729. The molecule has 1 aliphatic rings. The van der Waals surface area contributed by atoms with Crippen LogP contribution in [0.25, 0.3) is 0 Å². The lowest BCUT2D eigenvalue weighted by Gasteiger charge is -2.09. The molecule has 0 radical (unpaired) electrons. The minimum atomic E-state index is 0.713. The van der Waals surface area contributed by atoms with Gasteiger partial charge in [0, 0.05) is 29.1 Å². The van der Waals surface area contributed by atoms with Gasteiger partial charge in [0.2, 0.25) is 0 Å². The number of halogens is 1. The van der Waals surface area contributed by atoms with Crippen LogP contribution in [0.3, 0.4) is 0 Å². The molecule has 0 amide bonds. The highest BCUT2D eigenvalue weighted by molar-refractivity contribution is 6.33. The van der Waals surface area contributed by atoms with Gasteiger partial charge in [-0.25, -0.2) is 0 Å². The molecule has 17 heavy (non-hydrogen) atoms. The highest BCUT2D eigenvalue weighted by Crippen LogP contribution is 2.17. The van der Waals surface area contributed by atoms with E-state index in [0.717, 1.165) is 29.1 Å². The van der Waals surface area contributed by atoms with Crippen LogP contribution in [0.1, 0.15) is 30.4 Å². The molecule has 1 aliphatic heterocycles. The summed E-state index contributed by atoms with van der Waals surface area (Å²) < 4.78 is 0. The molecule has 0 saturated carbocycles. The fraction of sp³-hybridized carbons (Fsp3) is 0.429. The van der Waals surface area contributed by atoms with Crippen molar-refractivity contribution < 1.29 is 0 Å². The van der Waals surface area contributed by atoms with Crippen LogP contribution in [0.4, 0.5) is 0 Å². The van der Waals surface area contributed by atoms with Crippen molar-refractivity contribution in [3.63, 3.8) is 0 Å². The average Bonchev–Trinajstić information content (AvgIpc) is 2.34. The van der Waals surface area contributed by atoms with Crippen LogP contribution in [0.15, 0.2) is 28.2 Å². The topological polar surface area (TPSA) is 24.7 Å². The molecule has 1 heterocycles. The molecule has 0 aromatic heterocycles. The Balaban J connectivity index is 2.03. The first-order valence-electron chi connectivity index (χ1n) is 6.04. The van der Waals surface area contributed by atoms with E-state index in [-0.39, 0.29) is 0 Å². The number of aliphatic imine (C=N–C) groups is 2. The Hall–Kier alpha value is -1.15. The maximum absolute atomic E-state index is 6.13.